The molecule has 0 atom stereocenters. The predicted octanol–water partition coefficient (Wildman–Crippen LogP) is 3.53. The first-order valence-electron chi connectivity index (χ1n) is 7.32. The third-order valence-corrected chi connectivity index (χ3v) is 4.20. The smallest absolute Gasteiger partial charge is 0.167 e. The standard InChI is InChI=1S/C19H15NO2/c1-22-15-7-6-12-9-19(21)17(16(12)11-15)10-14-8-13-4-2-3-5-18(13)20-14/h2-7,10-11H,8-9H2,1H3/b17-10-. The molecule has 108 valence electrons. The number of aliphatic imine (C=N–C) groups is 1. The fourth-order valence-corrected chi connectivity index (χ4v) is 3.07. The van der Waals surface area contributed by atoms with Crippen molar-refractivity contribution in [3.05, 3.63) is 65.2 Å². The predicted molar refractivity (Wildman–Crippen MR) is 86.9 cm³/mol. The molecule has 0 saturated heterocycles. The van der Waals surface area contributed by atoms with Crippen LogP contribution in [0, 0.1) is 0 Å². The van der Waals surface area contributed by atoms with E-state index in [0.29, 0.717) is 6.42 Å². The van der Waals surface area contributed by atoms with Gasteiger partial charge in [-0.15, -0.1) is 0 Å². The van der Waals surface area contributed by atoms with Crippen LogP contribution in [0.1, 0.15) is 16.7 Å². The van der Waals surface area contributed by atoms with Gasteiger partial charge in [-0.3, -0.25) is 9.79 Å². The lowest BCUT2D eigenvalue weighted by atomic mass is 10.0. The molecule has 0 fully saturated rings. The van der Waals surface area contributed by atoms with Crippen LogP contribution in [0.2, 0.25) is 0 Å². The summed E-state index contributed by atoms with van der Waals surface area (Å²) < 4.78 is 5.27. The fraction of sp³-hybridized carbons (Fsp3) is 0.158. The Morgan fingerprint density at radius 3 is 2.77 bits per heavy atom. The summed E-state index contributed by atoms with van der Waals surface area (Å²) in [6.07, 6.45) is 3.19. The average molecular weight is 289 g/mol. The van der Waals surface area contributed by atoms with Crippen molar-refractivity contribution >= 4 is 22.8 Å². The zero-order valence-corrected chi connectivity index (χ0v) is 12.3. The van der Waals surface area contributed by atoms with Crippen molar-refractivity contribution in [3.63, 3.8) is 0 Å². The number of fused-ring (bicyclic) bond motifs is 2. The number of allylic oxidation sites excluding steroid dienone is 2. The minimum absolute atomic E-state index is 0.155. The molecular weight excluding hydrogens is 274 g/mol. The summed E-state index contributed by atoms with van der Waals surface area (Å²) in [5.74, 6) is 0.929. The van der Waals surface area contributed by atoms with Gasteiger partial charge in [0, 0.05) is 24.1 Å². The van der Waals surface area contributed by atoms with Crippen LogP contribution in [0.25, 0.3) is 5.57 Å². The maximum atomic E-state index is 12.3. The van der Waals surface area contributed by atoms with Crippen molar-refractivity contribution in [2.45, 2.75) is 12.8 Å². The number of rotatable bonds is 2. The van der Waals surface area contributed by atoms with Gasteiger partial charge in [-0.25, -0.2) is 0 Å². The molecule has 22 heavy (non-hydrogen) atoms. The monoisotopic (exact) mass is 289 g/mol. The number of nitrogens with zero attached hydrogens (tertiary/aromatic N) is 1. The lowest BCUT2D eigenvalue weighted by Gasteiger charge is -2.04. The van der Waals surface area contributed by atoms with E-state index in [0.717, 1.165) is 40.3 Å². The molecule has 2 aromatic carbocycles. The number of carbonyl (C=O) groups is 1. The number of ketones is 1. The lowest BCUT2D eigenvalue weighted by molar-refractivity contribution is -0.112. The van der Waals surface area contributed by atoms with E-state index in [9.17, 15) is 4.79 Å². The second-order valence-corrected chi connectivity index (χ2v) is 5.59. The van der Waals surface area contributed by atoms with Crippen LogP contribution in [0.5, 0.6) is 5.75 Å². The van der Waals surface area contributed by atoms with Gasteiger partial charge >= 0.3 is 0 Å². The fourth-order valence-electron chi connectivity index (χ4n) is 3.07. The number of para-hydroxylation sites is 1. The lowest BCUT2D eigenvalue weighted by Crippen LogP contribution is -1.99. The summed E-state index contributed by atoms with van der Waals surface area (Å²) in [5.41, 5.74) is 5.95. The van der Waals surface area contributed by atoms with Crippen LogP contribution < -0.4 is 4.74 Å². The summed E-state index contributed by atoms with van der Waals surface area (Å²) in [7, 11) is 1.64. The van der Waals surface area contributed by atoms with Gasteiger partial charge in [-0.05, 0) is 41.0 Å². The molecule has 3 heteroatoms. The van der Waals surface area contributed by atoms with Gasteiger partial charge in [0.2, 0.25) is 0 Å². The Labute approximate surface area is 129 Å². The SMILES string of the molecule is COc1ccc2c(c1)/C(=C/C1=Nc3ccccc3C1)C(=O)C2. The number of hydrogen-bond donors (Lipinski definition) is 0. The first kappa shape index (κ1) is 13.0. The molecule has 4 rings (SSSR count). The number of hydrogen-bond acceptors (Lipinski definition) is 3. The van der Waals surface area contributed by atoms with Crippen molar-refractivity contribution in [1.29, 1.82) is 0 Å². The van der Waals surface area contributed by atoms with Crippen LogP contribution in [-0.4, -0.2) is 18.6 Å². The van der Waals surface area contributed by atoms with E-state index >= 15 is 0 Å². The molecule has 3 nitrogen and oxygen atoms in total. The third kappa shape index (κ3) is 2.06. The van der Waals surface area contributed by atoms with E-state index in [-0.39, 0.29) is 5.78 Å². The molecule has 0 aromatic heterocycles. The molecule has 0 radical (unpaired) electrons. The number of benzene rings is 2. The molecule has 1 heterocycles. The van der Waals surface area contributed by atoms with Crippen LogP contribution in [0.15, 0.2) is 53.5 Å². The normalized spacial score (nSPS) is 17.4. The van der Waals surface area contributed by atoms with Gasteiger partial charge < -0.3 is 4.74 Å². The molecule has 0 bridgehead atoms. The Morgan fingerprint density at radius 2 is 1.95 bits per heavy atom. The molecule has 2 aliphatic rings. The highest BCUT2D eigenvalue weighted by Crippen LogP contribution is 2.34. The summed E-state index contributed by atoms with van der Waals surface area (Å²) in [6, 6.07) is 13.9. The number of methoxy groups -OCH3 is 1. The topological polar surface area (TPSA) is 38.7 Å². The Balaban J connectivity index is 1.74. The van der Waals surface area contributed by atoms with Gasteiger partial charge in [0.15, 0.2) is 5.78 Å². The van der Waals surface area contributed by atoms with E-state index < -0.39 is 0 Å². The van der Waals surface area contributed by atoms with E-state index in [1.54, 1.807) is 7.11 Å². The molecule has 0 saturated carbocycles. The van der Waals surface area contributed by atoms with Crippen molar-refractivity contribution in [2.24, 2.45) is 4.99 Å². The first-order chi connectivity index (χ1) is 10.7. The van der Waals surface area contributed by atoms with Crippen LogP contribution in [0.3, 0.4) is 0 Å². The van der Waals surface area contributed by atoms with E-state index in [2.05, 4.69) is 11.1 Å². The van der Waals surface area contributed by atoms with Crippen LogP contribution >= 0.6 is 0 Å². The second-order valence-electron chi connectivity index (χ2n) is 5.59. The van der Waals surface area contributed by atoms with E-state index in [1.165, 1.54) is 5.56 Å². The Morgan fingerprint density at radius 1 is 1.09 bits per heavy atom. The first-order valence-corrected chi connectivity index (χ1v) is 7.32. The Hall–Kier alpha value is -2.68. The zero-order chi connectivity index (χ0) is 15.1. The summed E-state index contributed by atoms with van der Waals surface area (Å²) in [5, 5.41) is 0. The minimum atomic E-state index is 0.155. The summed E-state index contributed by atoms with van der Waals surface area (Å²) in [4.78, 5) is 16.9. The quantitative estimate of drug-likeness (QED) is 0.793. The summed E-state index contributed by atoms with van der Waals surface area (Å²) in [6.45, 7) is 0. The minimum Gasteiger partial charge on any atom is -0.497 e. The van der Waals surface area contributed by atoms with Crippen molar-refractivity contribution in [2.75, 3.05) is 7.11 Å². The third-order valence-electron chi connectivity index (χ3n) is 4.20. The van der Waals surface area contributed by atoms with E-state index in [4.69, 9.17) is 4.74 Å². The summed E-state index contributed by atoms with van der Waals surface area (Å²) >= 11 is 0. The van der Waals surface area contributed by atoms with Crippen molar-refractivity contribution in [3.8, 4) is 5.75 Å². The van der Waals surface area contributed by atoms with Gasteiger partial charge in [-0.2, -0.15) is 0 Å². The van der Waals surface area contributed by atoms with Crippen molar-refractivity contribution < 1.29 is 9.53 Å². The maximum Gasteiger partial charge on any atom is 0.167 e. The number of carbonyl (C=O) groups excluding carboxylic acids is 1. The van der Waals surface area contributed by atoms with Crippen molar-refractivity contribution in [1.82, 2.24) is 0 Å². The highest BCUT2D eigenvalue weighted by molar-refractivity contribution is 6.29. The molecule has 1 aliphatic heterocycles. The van der Waals surface area contributed by atoms with Gasteiger partial charge in [0.05, 0.1) is 12.8 Å². The highest BCUT2D eigenvalue weighted by Gasteiger charge is 2.26. The largest absolute Gasteiger partial charge is 0.497 e. The number of Topliss-reactive ketones (excluding diaryl/α,β-unsaturated/α-hetero) is 1. The van der Waals surface area contributed by atoms with E-state index in [1.807, 2.05) is 42.5 Å². The van der Waals surface area contributed by atoms with Gasteiger partial charge in [-0.1, -0.05) is 24.3 Å². The molecule has 0 unspecified atom stereocenters. The van der Waals surface area contributed by atoms with Gasteiger partial charge in [0.1, 0.15) is 5.75 Å². The molecule has 1 aliphatic carbocycles. The highest BCUT2D eigenvalue weighted by atomic mass is 16.5. The molecule has 0 N–H and O–H groups in total. The molecular formula is C19H15NO2. The Bertz CT molecular complexity index is 846. The zero-order valence-electron chi connectivity index (χ0n) is 12.3. The average Bonchev–Trinajstić information content (AvgIpc) is 3.08. The molecule has 2 aromatic rings. The van der Waals surface area contributed by atoms with Crippen LogP contribution in [-0.2, 0) is 17.6 Å². The van der Waals surface area contributed by atoms with Gasteiger partial charge in [0.25, 0.3) is 0 Å². The number of ether oxygens (including phenoxy) is 1. The van der Waals surface area contributed by atoms with Crippen LogP contribution in [0.4, 0.5) is 5.69 Å². The second kappa shape index (κ2) is 4.95. The Kier molecular flexibility index (Phi) is 2.93. The maximum absolute atomic E-state index is 12.3. The molecule has 0 amide bonds. The molecule has 0 spiro atoms.